The van der Waals surface area contributed by atoms with Crippen molar-refractivity contribution in [1.82, 2.24) is 5.32 Å². The van der Waals surface area contributed by atoms with Gasteiger partial charge in [0.25, 0.3) is 0 Å². The van der Waals surface area contributed by atoms with E-state index in [1.165, 1.54) is 5.56 Å². The van der Waals surface area contributed by atoms with Crippen LogP contribution in [0.1, 0.15) is 24.9 Å². The lowest BCUT2D eigenvalue weighted by atomic mass is 10.1. The van der Waals surface area contributed by atoms with Crippen LogP contribution in [0.15, 0.2) is 48.5 Å². The van der Waals surface area contributed by atoms with Crippen LogP contribution < -0.4 is 20.1 Å². The molecule has 1 aliphatic rings. The molecule has 4 nitrogen and oxygen atoms in total. The number of nitrogens with one attached hydrogen (secondary N) is 2. The fraction of sp³-hybridized carbons (Fsp3) is 0.235. The van der Waals surface area contributed by atoms with E-state index in [-0.39, 0.29) is 12.8 Å². The standard InChI is InChI=1S/C17H18N2O2S/c1-2-14(12-6-4-3-5-7-12)19-17(22)18-13-8-9-15-16(10-13)21-11-20-15/h3-10,14H,2,11H2,1H3,(H2,18,19,22)/t14-/m1/s1. The molecule has 22 heavy (non-hydrogen) atoms. The third-order valence-corrected chi connectivity index (χ3v) is 3.77. The van der Waals surface area contributed by atoms with Gasteiger partial charge in [0, 0.05) is 11.8 Å². The van der Waals surface area contributed by atoms with Gasteiger partial charge in [-0.3, -0.25) is 0 Å². The number of hydrogen-bond acceptors (Lipinski definition) is 3. The molecule has 2 aromatic carbocycles. The summed E-state index contributed by atoms with van der Waals surface area (Å²) in [4.78, 5) is 0. The van der Waals surface area contributed by atoms with E-state index in [9.17, 15) is 0 Å². The topological polar surface area (TPSA) is 42.5 Å². The van der Waals surface area contributed by atoms with Crippen LogP contribution in [0.4, 0.5) is 5.69 Å². The monoisotopic (exact) mass is 314 g/mol. The van der Waals surface area contributed by atoms with E-state index in [1.807, 2.05) is 36.4 Å². The molecule has 3 rings (SSSR count). The second-order valence-electron chi connectivity index (χ2n) is 5.04. The summed E-state index contributed by atoms with van der Waals surface area (Å²) in [6.07, 6.45) is 0.951. The molecule has 0 saturated heterocycles. The number of benzene rings is 2. The van der Waals surface area contributed by atoms with E-state index in [4.69, 9.17) is 21.7 Å². The first-order chi connectivity index (χ1) is 10.8. The number of ether oxygens (including phenoxy) is 2. The average molecular weight is 314 g/mol. The molecule has 0 amide bonds. The quantitative estimate of drug-likeness (QED) is 0.839. The van der Waals surface area contributed by atoms with Gasteiger partial charge >= 0.3 is 0 Å². The van der Waals surface area contributed by atoms with Crippen LogP contribution in [-0.4, -0.2) is 11.9 Å². The Hall–Kier alpha value is -2.27. The Kier molecular flexibility index (Phi) is 4.44. The average Bonchev–Trinajstić information content (AvgIpc) is 3.01. The van der Waals surface area contributed by atoms with Crippen molar-refractivity contribution in [3.8, 4) is 11.5 Å². The number of fused-ring (bicyclic) bond motifs is 1. The van der Waals surface area contributed by atoms with Crippen LogP contribution in [0.25, 0.3) is 0 Å². The summed E-state index contributed by atoms with van der Waals surface area (Å²) in [5, 5.41) is 7.13. The van der Waals surface area contributed by atoms with Gasteiger partial charge in [-0.15, -0.1) is 0 Å². The van der Waals surface area contributed by atoms with Gasteiger partial charge in [0.2, 0.25) is 6.79 Å². The minimum atomic E-state index is 0.190. The van der Waals surface area contributed by atoms with Crippen LogP contribution in [0.3, 0.4) is 0 Å². The minimum Gasteiger partial charge on any atom is -0.454 e. The molecule has 0 aromatic heterocycles. The lowest BCUT2D eigenvalue weighted by Crippen LogP contribution is -2.32. The summed E-state index contributed by atoms with van der Waals surface area (Å²) < 4.78 is 10.7. The molecule has 1 atom stereocenters. The molecular weight excluding hydrogens is 296 g/mol. The number of hydrogen-bond donors (Lipinski definition) is 2. The molecule has 1 heterocycles. The molecule has 0 aliphatic carbocycles. The van der Waals surface area contributed by atoms with Crippen LogP contribution in [0.2, 0.25) is 0 Å². The van der Waals surface area contributed by atoms with Gasteiger partial charge in [-0.1, -0.05) is 37.3 Å². The van der Waals surface area contributed by atoms with Gasteiger partial charge < -0.3 is 20.1 Å². The van der Waals surface area contributed by atoms with Crippen molar-refractivity contribution >= 4 is 23.0 Å². The Labute approximate surface area is 135 Å². The van der Waals surface area contributed by atoms with Crippen molar-refractivity contribution in [2.24, 2.45) is 0 Å². The van der Waals surface area contributed by atoms with Crippen molar-refractivity contribution in [2.75, 3.05) is 12.1 Å². The summed E-state index contributed by atoms with van der Waals surface area (Å²) in [5.41, 5.74) is 2.10. The maximum Gasteiger partial charge on any atom is 0.231 e. The molecule has 0 radical (unpaired) electrons. The summed E-state index contributed by atoms with van der Waals surface area (Å²) >= 11 is 5.41. The normalized spacial score (nSPS) is 13.5. The van der Waals surface area contributed by atoms with Crippen LogP contribution >= 0.6 is 12.2 Å². The Bertz CT molecular complexity index is 661. The predicted molar refractivity (Wildman–Crippen MR) is 91.4 cm³/mol. The lowest BCUT2D eigenvalue weighted by molar-refractivity contribution is 0.174. The molecule has 2 aromatic rings. The largest absolute Gasteiger partial charge is 0.454 e. The van der Waals surface area contributed by atoms with E-state index in [2.05, 4.69) is 29.7 Å². The Balaban J connectivity index is 1.64. The maximum absolute atomic E-state index is 5.41. The van der Waals surface area contributed by atoms with Gasteiger partial charge in [0.1, 0.15) is 0 Å². The van der Waals surface area contributed by atoms with E-state index in [0.717, 1.165) is 23.6 Å². The van der Waals surface area contributed by atoms with Gasteiger partial charge in [-0.05, 0) is 36.3 Å². The number of thiocarbonyl (C=S) groups is 1. The second-order valence-corrected chi connectivity index (χ2v) is 5.45. The molecule has 2 N–H and O–H groups in total. The van der Waals surface area contributed by atoms with Crippen molar-refractivity contribution in [2.45, 2.75) is 19.4 Å². The zero-order valence-corrected chi connectivity index (χ0v) is 13.2. The van der Waals surface area contributed by atoms with E-state index in [1.54, 1.807) is 0 Å². The molecule has 0 saturated carbocycles. The molecule has 5 heteroatoms. The Morgan fingerprint density at radius 2 is 1.91 bits per heavy atom. The van der Waals surface area contributed by atoms with Crippen molar-refractivity contribution in [3.05, 3.63) is 54.1 Å². The first-order valence-electron chi connectivity index (χ1n) is 7.28. The van der Waals surface area contributed by atoms with Gasteiger partial charge in [-0.2, -0.15) is 0 Å². The van der Waals surface area contributed by atoms with Crippen molar-refractivity contribution in [1.29, 1.82) is 0 Å². The highest BCUT2D eigenvalue weighted by Gasteiger charge is 2.14. The van der Waals surface area contributed by atoms with Crippen LogP contribution in [-0.2, 0) is 0 Å². The highest BCUT2D eigenvalue weighted by molar-refractivity contribution is 7.80. The van der Waals surface area contributed by atoms with E-state index >= 15 is 0 Å². The molecule has 114 valence electrons. The van der Waals surface area contributed by atoms with Crippen LogP contribution in [0.5, 0.6) is 11.5 Å². The summed E-state index contributed by atoms with van der Waals surface area (Å²) in [6, 6.07) is 16.2. The fourth-order valence-corrected chi connectivity index (χ4v) is 2.67. The summed E-state index contributed by atoms with van der Waals surface area (Å²) in [7, 11) is 0. The molecule has 0 unspecified atom stereocenters. The first-order valence-corrected chi connectivity index (χ1v) is 7.69. The number of anilines is 1. The second kappa shape index (κ2) is 6.66. The third kappa shape index (κ3) is 3.31. The zero-order valence-electron chi connectivity index (χ0n) is 12.3. The third-order valence-electron chi connectivity index (χ3n) is 3.55. The fourth-order valence-electron chi connectivity index (χ4n) is 2.41. The van der Waals surface area contributed by atoms with E-state index in [0.29, 0.717) is 5.11 Å². The Morgan fingerprint density at radius 3 is 2.68 bits per heavy atom. The lowest BCUT2D eigenvalue weighted by Gasteiger charge is -2.20. The maximum atomic E-state index is 5.41. The van der Waals surface area contributed by atoms with Gasteiger partial charge in [0.15, 0.2) is 16.6 Å². The minimum absolute atomic E-state index is 0.190. The zero-order chi connectivity index (χ0) is 15.4. The predicted octanol–water partition coefficient (Wildman–Crippen LogP) is 3.85. The van der Waals surface area contributed by atoms with Crippen molar-refractivity contribution in [3.63, 3.8) is 0 Å². The summed E-state index contributed by atoms with van der Waals surface area (Å²) in [6.45, 7) is 2.40. The SMILES string of the molecule is CC[C@@H](NC(=S)Nc1ccc2c(c1)OCO2)c1ccccc1. The summed E-state index contributed by atoms with van der Waals surface area (Å²) in [5.74, 6) is 1.50. The molecular formula is C17H18N2O2S. The first kappa shape index (κ1) is 14.7. The molecule has 1 aliphatic heterocycles. The molecule has 0 bridgehead atoms. The molecule has 0 spiro atoms. The van der Waals surface area contributed by atoms with Crippen molar-refractivity contribution < 1.29 is 9.47 Å². The van der Waals surface area contributed by atoms with Gasteiger partial charge in [0.05, 0.1) is 6.04 Å². The number of rotatable bonds is 4. The van der Waals surface area contributed by atoms with Gasteiger partial charge in [-0.25, -0.2) is 0 Å². The van der Waals surface area contributed by atoms with Crippen LogP contribution in [0, 0.1) is 0 Å². The molecule has 0 fully saturated rings. The highest BCUT2D eigenvalue weighted by atomic mass is 32.1. The Morgan fingerprint density at radius 1 is 1.14 bits per heavy atom. The van der Waals surface area contributed by atoms with E-state index < -0.39 is 0 Å². The highest BCUT2D eigenvalue weighted by Crippen LogP contribution is 2.34. The smallest absolute Gasteiger partial charge is 0.231 e.